The highest BCUT2D eigenvalue weighted by Gasteiger charge is 2.12. The number of H-pyrrole nitrogens is 1. The fourth-order valence-electron chi connectivity index (χ4n) is 1.98. The maximum Gasteiger partial charge on any atom is 0.151 e. The molecule has 2 N–H and O–H groups in total. The number of benzene rings is 1. The van der Waals surface area contributed by atoms with Gasteiger partial charge in [-0.15, -0.1) is 0 Å². The zero-order chi connectivity index (χ0) is 10.8. The minimum absolute atomic E-state index is 0.405. The van der Waals surface area contributed by atoms with Crippen molar-refractivity contribution in [1.29, 1.82) is 0 Å². The number of aromatic nitrogens is 1. The Morgan fingerprint density at radius 1 is 1.40 bits per heavy atom. The molecule has 2 aromatic rings. The number of nitrogens with one attached hydrogen (secondary N) is 2. The molecular formula is C13H17N2+. The summed E-state index contributed by atoms with van der Waals surface area (Å²) in [5.41, 5.74) is 3.88. The number of hydrogen-bond donors (Lipinski definition) is 2. The molecule has 0 amide bonds. The quantitative estimate of drug-likeness (QED) is 0.699. The fourth-order valence-corrected chi connectivity index (χ4v) is 1.98. The molecule has 0 aliphatic heterocycles. The summed E-state index contributed by atoms with van der Waals surface area (Å²) in [4.78, 5) is 6.44. The number of aryl methyl sites for hydroxylation is 1. The van der Waals surface area contributed by atoms with E-state index in [1.165, 1.54) is 22.2 Å². The lowest BCUT2D eigenvalue weighted by Crippen LogP contribution is -2.73. The first-order chi connectivity index (χ1) is 7.22. The van der Waals surface area contributed by atoms with Crippen LogP contribution in [0.5, 0.6) is 0 Å². The van der Waals surface area contributed by atoms with Gasteiger partial charge in [-0.25, -0.2) is 0 Å². The summed E-state index contributed by atoms with van der Waals surface area (Å²) in [5.74, 6) is 0. The van der Waals surface area contributed by atoms with E-state index in [9.17, 15) is 0 Å². The second kappa shape index (κ2) is 3.89. The zero-order valence-electron chi connectivity index (χ0n) is 9.30. The van der Waals surface area contributed by atoms with Gasteiger partial charge in [0.2, 0.25) is 0 Å². The Morgan fingerprint density at radius 2 is 2.13 bits per heavy atom. The monoisotopic (exact) mass is 201 g/mol. The second-order valence-corrected chi connectivity index (χ2v) is 4.08. The predicted molar refractivity (Wildman–Crippen MR) is 64.3 cm³/mol. The molecule has 0 spiro atoms. The van der Waals surface area contributed by atoms with Crippen LogP contribution in [0, 0.1) is 6.92 Å². The summed E-state index contributed by atoms with van der Waals surface area (Å²) in [7, 11) is 0. The summed E-state index contributed by atoms with van der Waals surface area (Å²) >= 11 is 0. The Bertz CT molecular complexity index is 482. The molecule has 2 rings (SSSR count). The molecule has 0 radical (unpaired) electrons. The van der Waals surface area contributed by atoms with Gasteiger partial charge in [-0.05, 0) is 25.5 Å². The summed E-state index contributed by atoms with van der Waals surface area (Å²) in [6.45, 7) is 7.99. The van der Waals surface area contributed by atoms with Crippen molar-refractivity contribution in [2.24, 2.45) is 0 Å². The standard InChI is InChI=1S/C13H16N2/c1-9(14-3)8-12-10(2)15-13-7-5-4-6-11(12)13/h4-7,9,15H,3,8H2,1-2H3/p+1. The zero-order valence-corrected chi connectivity index (χ0v) is 9.30. The third-order valence-corrected chi connectivity index (χ3v) is 2.89. The molecular weight excluding hydrogens is 184 g/mol. The van der Waals surface area contributed by atoms with Crippen molar-refractivity contribution in [3.8, 4) is 0 Å². The van der Waals surface area contributed by atoms with E-state index in [1.807, 2.05) is 0 Å². The Kier molecular flexibility index (Phi) is 2.58. The molecule has 15 heavy (non-hydrogen) atoms. The summed E-state index contributed by atoms with van der Waals surface area (Å²) in [6, 6.07) is 8.84. The largest absolute Gasteiger partial charge is 0.358 e. The predicted octanol–water partition coefficient (Wildman–Crippen LogP) is 1.19. The smallest absolute Gasteiger partial charge is 0.151 e. The van der Waals surface area contributed by atoms with Crippen molar-refractivity contribution in [2.75, 3.05) is 0 Å². The molecule has 1 heterocycles. The van der Waals surface area contributed by atoms with Crippen LogP contribution in [-0.2, 0) is 6.42 Å². The molecule has 2 heteroatoms. The van der Waals surface area contributed by atoms with Crippen LogP contribution < -0.4 is 4.99 Å². The normalized spacial score (nSPS) is 12.9. The molecule has 0 bridgehead atoms. The molecule has 0 saturated carbocycles. The first kappa shape index (κ1) is 9.97. The molecule has 0 fully saturated rings. The molecule has 0 saturated heterocycles. The Labute approximate surface area is 90.0 Å². The van der Waals surface area contributed by atoms with Gasteiger partial charge < -0.3 is 4.98 Å². The summed E-state index contributed by atoms with van der Waals surface area (Å²) in [5, 5.41) is 1.33. The van der Waals surface area contributed by atoms with Crippen molar-refractivity contribution in [2.45, 2.75) is 26.3 Å². The number of para-hydroxylation sites is 1. The van der Waals surface area contributed by atoms with Crippen molar-refractivity contribution >= 4 is 17.6 Å². The maximum atomic E-state index is 3.72. The lowest BCUT2D eigenvalue weighted by Gasteiger charge is -2.01. The average Bonchev–Trinajstić information content (AvgIpc) is 2.55. The van der Waals surface area contributed by atoms with Gasteiger partial charge in [0.25, 0.3) is 0 Å². The fraction of sp³-hybridized carbons (Fsp3) is 0.308. The molecule has 1 aromatic heterocycles. The van der Waals surface area contributed by atoms with Gasteiger partial charge in [0, 0.05) is 23.0 Å². The number of hydrogen-bond acceptors (Lipinski definition) is 0. The Morgan fingerprint density at radius 3 is 2.87 bits per heavy atom. The van der Waals surface area contributed by atoms with Crippen molar-refractivity contribution < 1.29 is 4.99 Å². The van der Waals surface area contributed by atoms with Crippen LogP contribution in [0.15, 0.2) is 24.3 Å². The first-order valence-electron chi connectivity index (χ1n) is 5.31. The van der Waals surface area contributed by atoms with Gasteiger partial charge in [0.15, 0.2) is 6.04 Å². The second-order valence-electron chi connectivity index (χ2n) is 4.08. The molecule has 2 nitrogen and oxygen atoms in total. The first-order valence-corrected chi connectivity index (χ1v) is 5.31. The van der Waals surface area contributed by atoms with Crippen LogP contribution >= 0.6 is 0 Å². The van der Waals surface area contributed by atoms with E-state index < -0.39 is 0 Å². The topological polar surface area (TPSA) is 29.8 Å². The van der Waals surface area contributed by atoms with Crippen LogP contribution in [0.3, 0.4) is 0 Å². The van der Waals surface area contributed by atoms with Crippen LogP contribution in [0.25, 0.3) is 10.9 Å². The molecule has 78 valence electrons. The molecule has 1 unspecified atom stereocenters. The van der Waals surface area contributed by atoms with Crippen molar-refractivity contribution in [3.63, 3.8) is 0 Å². The van der Waals surface area contributed by atoms with E-state index in [1.54, 1.807) is 0 Å². The van der Waals surface area contributed by atoms with Gasteiger partial charge in [-0.1, -0.05) is 18.2 Å². The molecule has 0 aliphatic rings. The van der Waals surface area contributed by atoms with Gasteiger partial charge in [0.05, 0.1) is 0 Å². The van der Waals surface area contributed by atoms with Gasteiger partial charge in [0.1, 0.15) is 6.72 Å². The van der Waals surface area contributed by atoms with Crippen LogP contribution in [-0.4, -0.2) is 17.7 Å². The Hall–Kier alpha value is -1.57. The lowest BCUT2D eigenvalue weighted by atomic mass is 10.0. The average molecular weight is 201 g/mol. The molecule has 0 aliphatic carbocycles. The minimum atomic E-state index is 0.405. The third-order valence-electron chi connectivity index (χ3n) is 2.89. The highest BCUT2D eigenvalue weighted by molar-refractivity contribution is 5.84. The highest BCUT2D eigenvalue weighted by Crippen LogP contribution is 2.22. The minimum Gasteiger partial charge on any atom is -0.358 e. The molecule has 1 atom stereocenters. The summed E-state index contributed by atoms with van der Waals surface area (Å²) in [6.07, 6.45) is 1.01. The summed E-state index contributed by atoms with van der Waals surface area (Å²) < 4.78 is 0. The van der Waals surface area contributed by atoms with Crippen molar-refractivity contribution in [1.82, 2.24) is 4.98 Å². The third kappa shape index (κ3) is 1.80. The number of aromatic amines is 1. The Balaban J connectivity index is 2.49. The van der Waals surface area contributed by atoms with Crippen LogP contribution in [0.4, 0.5) is 0 Å². The van der Waals surface area contributed by atoms with Gasteiger partial charge in [-0.3, -0.25) is 4.99 Å². The van der Waals surface area contributed by atoms with E-state index in [0.29, 0.717) is 6.04 Å². The van der Waals surface area contributed by atoms with E-state index in [2.05, 4.69) is 54.8 Å². The molecule has 1 aromatic carbocycles. The van der Waals surface area contributed by atoms with E-state index in [-0.39, 0.29) is 0 Å². The van der Waals surface area contributed by atoms with E-state index >= 15 is 0 Å². The van der Waals surface area contributed by atoms with Gasteiger partial charge in [-0.2, -0.15) is 0 Å². The van der Waals surface area contributed by atoms with E-state index in [4.69, 9.17) is 0 Å². The van der Waals surface area contributed by atoms with E-state index in [0.717, 1.165) is 6.42 Å². The maximum absolute atomic E-state index is 3.72. The number of fused-ring (bicyclic) bond motifs is 1. The van der Waals surface area contributed by atoms with Crippen LogP contribution in [0.2, 0.25) is 0 Å². The lowest BCUT2D eigenvalue weighted by molar-refractivity contribution is -0.488. The highest BCUT2D eigenvalue weighted by atomic mass is 14.7. The van der Waals surface area contributed by atoms with Crippen molar-refractivity contribution in [3.05, 3.63) is 35.5 Å². The number of rotatable bonds is 3. The van der Waals surface area contributed by atoms with Crippen LogP contribution in [0.1, 0.15) is 18.2 Å². The SMILES string of the molecule is C=[NH+]C(C)Cc1c(C)[nH]c2ccccc12. The van der Waals surface area contributed by atoms with Gasteiger partial charge >= 0.3 is 0 Å².